The number of amides is 1. The van der Waals surface area contributed by atoms with Gasteiger partial charge in [-0.1, -0.05) is 0 Å². The van der Waals surface area contributed by atoms with Crippen LogP contribution < -0.4 is 5.32 Å². The summed E-state index contributed by atoms with van der Waals surface area (Å²) in [5, 5.41) is 12.0. The van der Waals surface area contributed by atoms with Gasteiger partial charge in [0.15, 0.2) is 0 Å². The molecule has 88 valence electrons. The minimum absolute atomic E-state index is 0.135. The lowest BCUT2D eigenvalue weighted by Gasteiger charge is -2.23. The molecule has 0 aromatic rings. The summed E-state index contributed by atoms with van der Waals surface area (Å²) in [6, 6.07) is 0.0567. The SMILES string of the molecule is CC(CCO)NC(C)C(=O)N1CCCC1. The van der Waals surface area contributed by atoms with E-state index < -0.39 is 0 Å². The Morgan fingerprint density at radius 2 is 2.00 bits per heavy atom. The summed E-state index contributed by atoms with van der Waals surface area (Å²) in [6.07, 6.45) is 2.95. The molecule has 1 aliphatic heterocycles. The number of rotatable bonds is 5. The Kier molecular flexibility index (Phi) is 5.05. The van der Waals surface area contributed by atoms with E-state index in [9.17, 15) is 4.79 Å². The first kappa shape index (κ1) is 12.5. The molecule has 1 aliphatic rings. The predicted octanol–water partition coefficient (Wildman–Crippen LogP) is 0.358. The third-order valence-electron chi connectivity index (χ3n) is 2.88. The second kappa shape index (κ2) is 6.08. The van der Waals surface area contributed by atoms with Gasteiger partial charge in [0.05, 0.1) is 6.04 Å². The maximum Gasteiger partial charge on any atom is 0.239 e. The van der Waals surface area contributed by atoms with Crippen LogP contribution in [0.4, 0.5) is 0 Å². The molecule has 1 rings (SSSR count). The quantitative estimate of drug-likeness (QED) is 0.694. The van der Waals surface area contributed by atoms with Gasteiger partial charge in [-0.15, -0.1) is 0 Å². The molecule has 0 aromatic carbocycles. The van der Waals surface area contributed by atoms with Crippen molar-refractivity contribution in [2.75, 3.05) is 19.7 Å². The van der Waals surface area contributed by atoms with Crippen molar-refractivity contribution < 1.29 is 9.90 Å². The molecule has 1 fully saturated rings. The molecule has 0 aromatic heterocycles. The summed E-state index contributed by atoms with van der Waals surface area (Å²) in [5.41, 5.74) is 0. The molecule has 1 heterocycles. The van der Waals surface area contributed by atoms with Crippen LogP contribution in [-0.4, -0.2) is 47.7 Å². The largest absolute Gasteiger partial charge is 0.396 e. The topological polar surface area (TPSA) is 52.6 Å². The summed E-state index contributed by atoms with van der Waals surface area (Å²) in [5.74, 6) is 0.192. The van der Waals surface area contributed by atoms with Gasteiger partial charge in [0.1, 0.15) is 0 Å². The summed E-state index contributed by atoms with van der Waals surface area (Å²) < 4.78 is 0. The van der Waals surface area contributed by atoms with Crippen molar-refractivity contribution in [1.29, 1.82) is 0 Å². The first-order valence-electron chi connectivity index (χ1n) is 5.81. The second-order valence-corrected chi connectivity index (χ2v) is 4.33. The zero-order valence-corrected chi connectivity index (χ0v) is 9.70. The van der Waals surface area contributed by atoms with E-state index in [2.05, 4.69) is 5.32 Å². The summed E-state index contributed by atoms with van der Waals surface area (Å²) in [4.78, 5) is 13.8. The fourth-order valence-corrected chi connectivity index (χ4v) is 1.99. The Labute approximate surface area is 91.6 Å². The van der Waals surface area contributed by atoms with Crippen LogP contribution in [0.3, 0.4) is 0 Å². The molecule has 0 radical (unpaired) electrons. The van der Waals surface area contributed by atoms with Gasteiger partial charge >= 0.3 is 0 Å². The molecule has 4 nitrogen and oxygen atoms in total. The Morgan fingerprint density at radius 1 is 1.40 bits per heavy atom. The molecule has 2 atom stereocenters. The highest BCUT2D eigenvalue weighted by Gasteiger charge is 2.23. The highest BCUT2D eigenvalue weighted by atomic mass is 16.3. The average molecular weight is 214 g/mol. The Bertz CT molecular complexity index is 203. The van der Waals surface area contributed by atoms with E-state index >= 15 is 0 Å². The van der Waals surface area contributed by atoms with Crippen molar-refractivity contribution in [1.82, 2.24) is 10.2 Å². The highest BCUT2D eigenvalue weighted by molar-refractivity contribution is 5.81. The van der Waals surface area contributed by atoms with Crippen LogP contribution in [0.2, 0.25) is 0 Å². The minimum atomic E-state index is -0.135. The summed E-state index contributed by atoms with van der Waals surface area (Å²) in [7, 11) is 0. The molecule has 0 bridgehead atoms. The zero-order chi connectivity index (χ0) is 11.3. The average Bonchev–Trinajstić information content (AvgIpc) is 2.69. The van der Waals surface area contributed by atoms with E-state index in [-0.39, 0.29) is 24.6 Å². The van der Waals surface area contributed by atoms with Gasteiger partial charge < -0.3 is 15.3 Å². The van der Waals surface area contributed by atoms with Crippen LogP contribution in [0, 0.1) is 0 Å². The van der Waals surface area contributed by atoms with Crippen LogP contribution in [0.1, 0.15) is 33.1 Å². The molecule has 0 saturated carbocycles. The molecule has 15 heavy (non-hydrogen) atoms. The molecule has 0 spiro atoms. The fraction of sp³-hybridized carbons (Fsp3) is 0.909. The van der Waals surface area contributed by atoms with Gasteiger partial charge in [-0.05, 0) is 33.1 Å². The lowest BCUT2D eigenvalue weighted by atomic mass is 10.2. The maximum absolute atomic E-state index is 11.9. The van der Waals surface area contributed by atoms with E-state index in [0.717, 1.165) is 25.9 Å². The van der Waals surface area contributed by atoms with Crippen LogP contribution >= 0.6 is 0 Å². The third kappa shape index (κ3) is 3.80. The number of aliphatic hydroxyl groups excluding tert-OH is 1. The van der Waals surface area contributed by atoms with E-state index in [1.807, 2.05) is 18.7 Å². The van der Waals surface area contributed by atoms with Gasteiger partial charge in [0, 0.05) is 25.7 Å². The standard InChI is InChI=1S/C11H22N2O2/c1-9(5-8-14)12-10(2)11(15)13-6-3-4-7-13/h9-10,12,14H,3-8H2,1-2H3. The second-order valence-electron chi connectivity index (χ2n) is 4.33. The molecule has 1 saturated heterocycles. The van der Waals surface area contributed by atoms with Gasteiger partial charge in [0.25, 0.3) is 0 Å². The first-order chi connectivity index (χ1) is 7.15. The molecule has 0 aliphatic carbocycles. The highest BCUT2D eigenvalue weighted by Crippen LogP contribution is 2.09. The monoisotopic (exact) mass is 214 g/mol. The number of carbonyl (C=O) groups is 1. The van der Waals surface area contributed by atoms with Crippen molar-refractivity contribution in [2.45, 2.75) is 45.2 Å². The smallest absolute Gasteiger partial charge is 0.239 e. The molecular weight excluding hydrogens is 192 g/mol. The number of likely N-dealkylation sites (tertiary alicyclic amines) is 1. The molecule has 1 amide bonds. The van der Waals surface area contributed by atoms with Crippen LogP contribution in [0.5, 0.6) is 0 Å². The maximum atomic E-state index is 11.9. The van der Waals surface area contributed by atoms with Crippen molar-refractivity contribution in [2.24, 2.45) is 0 Å². The summed E-state index contributed by atoms with van der Waals surface area (Å²) >= 11 is 0. The van der Waals surface area contributed by atoms with Crippen LogP contribution in [0.15, 0.2) is 0 Å². The van der Waals surface area contributed by atoms with Crippen LogP contribution in [0.25, 0.3) is 0 Å². The van der Waals surface area contributed by atoms with Gasteiger partial charge in [-0.2, -0.15) is 0 Å². The molecule has 2 unspecified atom stereocenters. The molecule has 2 N–H and O–H groups in total. The van der Waals surface area contributed by atoms with Gasteiger partial charge in [-0.25, -0.2) is 0 Å². The Balaban J connectivity index is 2.31. The zero-order valence-electron chi connectivity index (χ0n) is 9.70. The molecular formula is C11H22N2O2. The first-order valence-corrected chi connectivity index (χ1v) is 5.81. The van der Waals surface area contributed by atoms with E-state index in [1.165, 1.54) is 0 Å². The fourth-order valence-electron chi connectivity index (χ4n) is 1.99. The lowest BCUT2D eigenvalue weighted by molar-refractivity contribution is -0.132. The van der Waals surface area contributed by atoms with E-state index in [4.69, 9.17) is 5.11 Å². The van der Waals surface area contributed by atoms with Crippen molar-refractivity contribution in [3.05, 3.63) is 0 Å². The number of carbonyl (C=O) groups excluding carboxylic acids is 1. The van der Waals surface area contributed by atoms with E-state index in [1.54, 1.807) is 0 Å². The number of hydrogen-bond donors (Lipinski definition) is 2. The lowest BCUT2D eigenvalue weighted by Crippen LogP contribution is -2.46. The van der Waals surface area contributed by atoms with E-state index in [0.29, 0.717) is 6.42 Å². The number of nitrogens with one attached hydrogen (secondary N) is 1. The normalized spacial score (nSPS) is 20.3. The Morgan fingerprint density at radius 3 is 2.53 bits per heavy atom. The minimum Gasteiger partial charge on any atom is -0.396 e. The number of nitrogens with zero attached hydrogens (tertiary/aromatic N) is 1. The van der Waals surface area contributed by atoms with Gasteiger partial charge in [-0.3, -0.25) is 4.79 Å². The summed E-state index contributed by atoms with van der Waals surface area (Å²) in [6.45, 7) is 5.86. The predicted molar refractivity (Wildman–Crippen MR) is 59.6 cm³/mol. The van der Waals surface area contributed by atoms with Crippen molar-refractivity contribution in [3.63, 3.8) is 0 Å². The number of aliphatic hydroxyl groups is 1. The number of hydrogen-bond acceptors (Lipinski definition) is 3. The van der Waals surface area contributed by atoms with Crippen LogP contribution in [-0.2, 0) is 4.79 Å². The van der Waals surface area contributed by atoms with Crippen molar-refractivity contribution in [3.8, 4) is 0 Å². The Hall–Kier alpha value is -0.610. The molecule has 4 heteroatoms. The van der Waals surface area contributed by atoms with Crippen molar-refractivity contribution >= 4 is 5.91 Å². The van der Waals surface area contributed by atoms with Gasteiger partial charge in [0.2, 0.25) is 5.91 Å². The third-order valence-corrected chi connectivity index (χ3v) is 2.88.